The van der Waals surface area contributed by atoms with Gasteiger partial charge < -0.3 is 20.1 Å². The van der Waals surface area contributed by atoms with Crippen molar-refractivity contribution in [2.75, 3.05) is 33.4 Å². The first-order chi connectivity index (χ1) is 8.63. The second-order valence-electron chi connectivity index (χ2n) is 4.04. The second-order valence-corrected chi connectivity index (χ2v) is 4.04. The van der Waals surface area contributed by atoms with E-state index in [9.17, 15) is 4.79 Å². The number of rotatable bonds is 6. The van der Waals surface area contributed by atoms with Crippen LogP contribution in [0, 0.1) is 6.92 Å². The van der Waals surface area contributed by atoms with Gasteiger partial charge in [0.05, 0.1) is 13.2 Å². The van der Waals surface area contributed by atoms with E-state index in [0.717, 1.165) is 5.75 Å². The van der Waals surface area contributed by atoms with E-state index in [4.69, 9.17) is 9.84 Å². The van der Waals surface area contributed by atoms with Crippen molar-refractivity contribution in [3.63, 3.8) is 0 Å². The predicted octanol–water partition coefficient (Wildman–Crippen LogP) is 1.01. The molecule has 1 aromatic carbocycles. The summed E-state index contributed by atoms with van der Waals surface area (Å²) in [5.74, 6) is 0.790. The molecule has 5 nitrogen and oxygen atoms in total. The summed E-state index contributed by atoms with van der Waals surface area (Å²) < 4.78 is 5.47. The molecule has 0 aliphatic carbocycles. The summed E-state index contributed by atoms with van der Waals surface area (Å²) >= 11 is 0. The van der Waals surface area contributed by atoms with E-state index < -0.39 is 0 Å². The molecule has 2 N–H and O–H groups in total. The summed E-state index contributed by atoms with van der Waals surface area (Å²) in [6.07, 6.45) is 0. The number of likely N-dealkylation sites (N-methyl/N-ethyl adjacent to an activating group) is 1. The van der Waals surface area contributed by atoms with Gasteiger partial charge in [-0.3, -0.25) is 0 Å². The van der Waals surface area contributed by atoms with E-state index in [0.29, 0.717) is 19.7 Å². The molecule has 0 saturated carbocycles. The van der Waals surface area contributed by atoms with E-state index in [1.165, 1.54) is 10.5 Å². The number of aryl methyl sites for hydroxylation is 1. The maximum Gasteiger partial charge on any atom is 0.317 e. The highest BCUT2D eigenvalue weighted by Gasteiger charge is 2.05. The van der Waals surface area contributed by atoms with Gasteiger partial charge >= 0.3 is 6.03 Å². The molecule has 0 bridgehead atoms. The number of benzene rings is 1. The SMILES string of the molecule is Cc1ccc(OCCNC(=O)N(C)CCO)cc1. The number of carbonyl (C=O) groups excluding carboxylic acids is 1. The van der Waals surface area contributed by atoms with Crippen LogP contribution in [0.1, 0.15) is 5.56 Å². The lowest BCUT2D eigenvalue weighted by atomic mass is 10.2. The van der Waals surface area contributed by atoms with Crippen molar-refractivity contribution in [1.29, 1.82) is 0 Å². The van der Waals surface area contributed by atoms with Gasteiger partial charge in [-0.2, -0.15) is 0 Å². The molecule has 0 fully saturated rings. The number of hydrogen-bond donors (Lipinski definition) is 2. The van der Waals surface area contributed by atoms with Crippen LogP contribution in [0.25, 0.3) is 0 Å². The van der Waals surface area contributed by atoms with E-state index in [2.05, 4.69) is 5.32 Å². The van der Waals surface area contributed by atoms with Gasteiger partial charge in [0.25, 0.3) is 0 Å². The van der Waals surface area contributed by atoms with Crippen molar-refractivity contribution in [1.82, 2.24) is 10.2 Å². The molecular weight excluding hydrogens is 232 g/mol. The first kappa shape index (κ1) is 14.3. The Labute approximate surface area is 107 Å². The molecule has 5 heteroatoms. The predicted molar refractivity (Wildman–Crippen MR) is 69.8 cm³/mol. The van der Waals surface area contributed by atoms with Gasteiger partial charge in [0.1, 0.15) is 12.4 Å². The molecule has 0 saturated heterocycles. The summed E-state index contributed by atoms with van der Waals surface area (Å²) in [6.45, 7) is 3.15. The third-order valence-electron chi connectivity index (χ3n) is 2.45. The molecular formula is C13H20N2O3. The fourth-order valence-electron chi connectivity index (χ4n) is 1.35. The van der Waals surface area contributed by atoms with Crippen molar-refractivity contribution >= 4 is 6.03 Å². The van der Waals surface area contributed by atoms with E-state index in [-0.39, 0.29) is 12.6 Å². The van der Waals surface area contributed by atoms with Crippen LogP contribution in [0.4, 0.5) is 4.79 Å². The van der Waals surface area contributed by atoms with E-state index >= 15 is 0 Å². The van der Waals surface area contributed by atoms with Crippen LogP contribution in [0.15, 0.2) is 24.3 Å². The summed E-state index contributed by atoms with van der Waals surface area (Å²) in [5.41, 5.74) is 1.18. The molecule has 0 heterocycles. The van der Waals surface area contributed by atoms with E-state index in [1.54, 1.807) is 7.05 Å². The number of nitrogens with zero attached hydrogens (tertiary/aromatic N) is 1. The van der Waals surface area contributed by atoms with Gasteiger partial charge in [-0.15, -0.1) is 0 Å². The van der Waals surface area contributed by atoms with Crippen molar-refractivity contribution in [2.45, 2.75) is 6.92 Å². The van der Waals surface area contributed by atoms with Crippen molar-refractivity contribution < 1.29 is 14.6 Å². The average Bonchev–Trinajstić information content (AvgIpc) is 2.36. The van der Waals surface area contributed by atoms with Gasteiger partial charge in [0.15, 0.2) is 0 Å². The highest BCUT2D eigenvalue weighted by Crippen LogP contribution is 2.10. The van der Waals surface area contributed by atoms with Gasteiger partial charge in [-0.05, 0) is 19.1 Å². The molecule has 2 amide bonds. The van der Waals surface area contributed by atoms with Gasteiger partial charge in [-0.25, -0.2) is 4.79 Å². The summed E-state index contributed by atoms with van der Waals surface area (Å²) in [4.78, 5) is 12.9. The molecule has 1 aromatic rings. The van der Waals surface area contributed by atoms with Crippen LogP contribution < -0.4 is 10.1 Å². The number of aliphatic hydroxyl groups is 1. The zero-order valence-electron chi connectivity index (χ0n) is 10.8. The Hall–Kier alpha value is -1.75. The Morgan fingerprint density at radius 2 is 2.06 bits per heavy atom. The van der Waals surface area contributed by atoms with E-state index in [1.807, 2.05) is 31.2 Å². The standard InChI is InChI=1S/C13H20N2O3/c1-11-3-5-12(6-4-11)18-10-7-14-13(17)15(2)8-9-16/h3-6,16H,7-10H2,1-2H3,(H,14,17). The fourth-order valence-corrected chi connectivity index (χ4v) is 1.35. The Bertz CT molecular complexity index is 365. The number of urea groups is 1. The third-order valence-corrected chi connectivity index (χ3v) is 2.45. The minimum absolute atomic E-state index is 0.0379. The van der Waals surface area contributed by atoms with Gasteiger partial charge in [-0.1, -0.05) is 17.7 Å². The molecule has 0 spiro atoms. The van der Waals surface area contributed by atoms with Crippen molar-refractivity contribution in [2.24, 2.45) is 0 Å². The highest BCUT2D eigenvalue weighted by molar-refractivity contribution is 5.73. The van der Waals surface area contributed by atoms with Crippen LogP contribution in [0.2, 0.25) is 0 Å². The highest BCUT2D eigenvalue weighted by atomic mass is 16.5. The smallest absolute Gasteiger partial charge is 0.317 e. The van der Waals surface area contributed by atoms with Crippen LogP contribution in [-0.4, -0.2) is 49.4 Å². The number of hydrogen-bond acceptors (Lipinski definition) is 3. The number of aliphatic hydroxyl groups excluding tert-OH is 1. The minimum atomic E-state index is -0.212. The molecule has 0 aliphatic rings. The lowest BCUT2D eigenvalue weighted by Gasteiger charge is -2.16. The van der Waals surface area contributed by atoms with Gasteiger partial charge in [0, 0.05) is 13.6 Å². The molecule has 0 unspecified atom stereocenters. The topological polar surface area (TPSA) is 61.8 Å². The fraction of sp³-hybridized carbons (Fsp3) is 0.462. The zero-order valence-corrected chi connectivity index (χ0v) is 10.8. The molecule has 0 aliphatic heterocycles. The zero-order chi connectivity index (χ0) is 13.4. The number of carbonyl (C=O) groups is 1. The molecule has 0 radical (unpaired) electrons. The first-order valence-electron chi connectivity index (χ1n) is 5.93. The molecule has 0 aromatic heterocycles. The Kier molecular flexibility index (Phi) is 6.00. The maximum atomic E-state index is 11.4. The summed E-state index contributed by atoms with van der Waals surface area (Å²) in [5, 5.41) is 11.4. The lowest BCUT2D eigenvalue weighted by Crippen LogP contribution is -2.40. The molecule has 18 heavy (non-hydrogen) atoms. The Balaban J connectivity index is 2.18. The van der Waals surface area contributed by atoms with Crippen LogP contribution in [-0.2, 0) is 0 Å². The van der Waals surface area contributed by atoms with Crippen molar-refractivity contribution in [3.8, 4) is 5.75 Å². The second kappa shape index (κ2) is 7.55. The number of nitrogens with one attached hydrogen (secondary N) is 1. The van der Waals surface area contributed by atoms with Crippen LogP contribution in [0.5, 0.6) is 5.75 Å². The molecule has 1 rings (SSSR count). The number of amides is 2. The Morgan fingerprint density at radius 3 is 2.67 bits per heavy atom. The lowest BCUT2D eigenvalue weighted by molar-refractivity contribution is 0.188. The maximum absolute atomic E-state index is 11.4. The summed E-state index contributed by atoms with van der Waals surface area (Å²) in [6, 6.07) is 7.53. The monoisotopic (exact) mass is 252 g/mol. The third kappa shape index (κ3) is 5.05. The average molecular weight is 252 g/mol. The number of ether oxygens (including phenoxy) is 1. The van der Waals surface area contributed by atoms with Crippen molar-refractivity contribution in [3.05, 3.63) is 29.8 Å². The molecule has 100 valence electrons. The normalized spacial score (nSPS) is 9.94. The van der Waals surface area contributed by atoms with Crippen LogP contribution in [0.3, 0.4) is 0 Å². The Morgan fingerprint density at radius 1 is 1.39 bits per heavy atom. The summed E-state index contributed by atoms with van der Waals surface area (Å²) in [7, 11) is 1.63. The van der Waals surface area contributed by atoms with Gasteiger partial charge in [0.2, 0.25) is 0 Å². The minimum Gasteiger partial charge on any atom is -0.492 e. The van der Waals surface area contributed by atoms with Crippen LogP contribution >= 0.6 is 0 Å². The largest absolute Gasteiger partial charge is 0.492 e. The quantitative estimate of drug-likeness (QED) is 0.743. The first-order valence-corrected chi connectivity index (χ1v) is 5.93. The molecule has 0 atom stereocenters.